The molecule has 0 unspecified atom stereocenters. The summed E-state index contributed by atoms with van der Waals surface area (Å²) >= 11 is 9.72. The summed E-state index contributed by atoms with van der Waals surface area (Å²) in [6.07, 6.45) is 1.38. The highest BCUT2D eigenvalue weighted by molar-refractivity contribution is 9.10. The lowest BCUT2D eigenvalue weighted by molar-refractivity contribution is -0.140. The summed E-state index contributed by atoms with van der Waals surface area (Å²) < 4.78 is 12.1. The van der Waals surface area contributed by atoms with Crippen LogP contribution >= 0.6 is 27.5 Å². The van der Waals surface area contributed by atoms with Crippen LogP contribution in [0.2, 0.25) is 5.02 Å². The number of amides is 3. The normalized spacial score (nSPS) is 14.8. The van der Waals surface area contributed by atoms with Crippen LogP contribution in [0.15, 0.2) is 46.6 Å². The minimum atomic E-state index is -1.29. The van der Waals surface area contributed by atoms with Gasteiger partial charge in [0.1, 0.15) is 18.8 Å². The minimum absolute atomic E-state index is 0.0668. The fourth-order valence-electron chi connectivity index (χ4n) is 2.72. The van der Waals surface area contributed by atoms with Crippen LogP contribution < -0.4 is 14.8 Å². The number of nitrogens with zero attached hydrogens (tertiary/aromatic N) is 1. The molecule has 1 saturated heterocycles. The molecule has 2 N–H and O–H groups in total. The predicted octanol–water partition coefficient (Wildman–Crippen LogP) is 3.67. The number of benzene rings is 2. The highest BCUT2D eigenvalue weighted by Gasteiger charge is 2.34. The molecule has 2 aromatic rings. The largest absolute Gasteiger partial charge is 0.493 e. The van der Waals surface area contributed by atoms with Crippen LogP contribution in [0.5, 0.6) is 11.5 Å². The maximum absolute atomic E-state index is 12.3. The first-order valence-electron chi connectivity index (χ1n) is 8.59. The van der Waals surface area contributed by atoms with Crippen molar-refractivity contribution in [1.29, 1.82) is 0 Å². The van der Waals surface area contributed by atoms with Gasteiger partial charge in [-0.2, -0.15) is 0 Å². The summed E-state index contributed by atoms with van der Waals surface area (Å²) in [5, 5.41) is 11.4. The number of aliphatic carboxylic acids is 1. The molecule has 8 nitrogen and oxygen atoms in total. The molecule has 0 saturated carbocycles. The Morgan fingerprint density at radius 1 is 1.27 bits per heavy atom. The van der Waals surface area contributed by atoms with Crippen molar-refractivity contribution < 1.29 is 29.0 Å². The zero-order chi connectivity index (χ0) is 21.8. The van der Waals surface area contributed by atoms with Crippen LogP contribution in [0.3, 0.4) is 0 Å². The van der Waals surface area contributed by atoms with Crippen molar-refractivity contribution in [3.8, 4) is 11.5 Å². The van der Waals surface area contributed by atoms with E-state index in [2.05, 4.69) is 21.2 Å². The molecule has 3 amide bonds. The molecule has 30 heavy (non-hydrogen) atoms. The van der Waals surface area contributed by atoms with Gasteiger partial charge in [0.05, 0.1) is 12.1 Å². The van der Waals surface area contributed by atoms with Crippen LogP contribution in [-0.4, -0.2) is 41.6 Å². The van der Waals surface area contributed by atoms with Gasteiger partial charge < -0.3 is 19.9 Å². The third-order valence-corrected chi connectivity index (χ3v) is 4.92. The van der Waals surface area contributed by atoms with Gasteiger partial charge in [-0.3, -0.25) is 9.59 Å². The van der Waals surface area contributed by atoms with Crippen LogP contribution in [-0.2, 0) is 16.2 Å². The fraction of sp³-hybridized carbons (Fsp3) is 0.150. The van der Waals surface area contributed by atoms with E-state index >= 15 is 0 Å². The number of methoxy groups -OCH3 is 1. The molecule has 1 heterocycles. The van der Waals surface area contributed by atoms with Gasteiger partial charge in [-0.05, 0) is 41.5 Å². The Balaban J connectivity index is 1.82. The number of halogens is 2. The lowest BCUT2D eigenvalue weighted by Gasteiger charge is -2.13. The van der Waals surface area contributed by atoms with E-state index in [1.807, 2.05) is 24.3 Å². The first kappa shape index (κ1) is 21.7. The molecule has 0 spiro atoms. The van der Waals surface area contributed by atoms with Gasteiger partial charge in [0.25, 0.3) is 5.91 Å². The lowest BCUT2D eigenvalue weighted by Crippen LogP contribution is -2.35. The molecule has 3 rings (SSSR count). The number of urea groups is 1. The van der Waals surface area contributed by atoms with E-state index < -0.39 is 24.5 Å². The number of carbonyl (C=O) groups is 3. The molecule has 10 heteroatoms. The second-order valence-electron chi connectivity index (χ2n) is 6.22. The number of carboxylic acid groups (broad SMARTS) is 1. The molecule has 1 aliphatic rings. The maximum Gasteiger partial charge on any atom is 0.329 e. The number of hydrogen-bond donors (Lipinski definition) is 2. The number of hydrogen-bond acceptors (Lipinski definition) is 5. The molecule has 0 aliphatic carbocycles. The molecular weight excluding hydrogens is 480 g/mol. The summed E-state index contributed by atoms with van der Waals surface area (Å²) in [6.45, 7) is -0.461. The first-order chi connectivity index (χ1) is 14.3. The molecule has 0 bridgehead atoms. The number of carboxylic acids is 1. The van der Waals surface area contributed by atoms with Gasteiger partial charge in [-0.15, -0.1) is 0 Å². The number of carbonyl (C=O) groups excluding carboxylic acids is 2. The molecule has 0 aromatic heterocycles. The third-order valence-electron chi connectivity index (χ3n) is 4.11. The van der Waals surface area contributed by atoms with E-state index in [9.17, 15) is 14.4 Å². The monoisotopic (exact) mass is 494 g/mol. The standard InChI is InChI=1S/C20H16BrClN2O6/c1-29-16-8-12(7-15-19(27)24(9-17(25)26)20(28)23-15)6-14(22)18(16)30-10-11-2-4-13(21)5-3-11/h2-8H,9-10H2,1H3,(H,23,28)(H,25,26)/b15-7+. The molecular formula is C20H16BrClN2O6. The minimum Gasteiger partial charge on any atom is -0.493 e. The molecule has 1 fully saturated rings. The Morgan fingerprint density at radius 3 is 2.60 bits per heavy atom. The van der Waals surface area contributed by atoms with Crippen LogP contribution in [0.1, 0.15) is 11.1 Å². The van der Waals surface area contributed by atoms with Gasteiger partial charge in [0, 0.05) is 4.47 Å². The van der Waals surface area contributed by atoms with Crippen LogP contribution in [0.25, 0.3) is 6.08 Å². The number of imide groups is 1. The Labute approximate surface area is 185 Å². The molecule has 2 aromatic carbocycles. The summed E-state index contributed by atoms with van der Waals surface area (Å²) in [7, 11) is 1.45. The predicted molar refractivity (Wildman–Crippen MR) is 112 cm³/mol. The van der Waals surface area contributed by atoms with Crippen molar-refractivity contribution in [2.45, 2.75) is 6.61 Å². The summed E-state index contributed by atoms with van der Waals surface area (Å²) in [6, 6.07) is 9.94. The topological polar surface area (TPSA) is 105 Å². The van der Waals surface area contributed by atoms with E-state index in [0.717, 1.165) is 10.0 Å². The second-order valence-corrected chi connectivity index (χ2v) is 7.55. The Hall–Kier alpha value is -3.04. The van der Waals surface area contributed by atoms with Crippen LogP contribution in [0, 0.1) is 0 Å². The van der Waals surface area contributed by atoms with E-state index in [1.54, 1.807) is 12.1 Å². The lowest BCUT2D eigenvalue weighted by atomic mass is 10.1. The molecule has 156 valence electrons. The zero-order valence-corrected chi connectivity index (χ0v) is 18.0. The number of nitrogens with one attached hydrogen (secondary N) is 1. The quantitative estimate of drug-likeness (QED) is 0.449. The average Bonchev–Trinajstić information content (AvgIpc) is 2.95. The van der Waals surface area contributed by atoms with E-state index in [4.69, 9.17) is 26.2 Å². The summed E-state index contributed by atoms with van der Waals surface area (Å²) in [5.74, 6) is -1.37. The third kappa shape index (κ3) is 4.92. The van der Waals surface area contributed by atoms with Crippen molar-refractivity contribution in [3.63, 3.8) is 0 Å². The van der Waals surface area contributed by atoms with Crippen molar-refractivity contribution in [2.75, 3.05) is 13.7 Å². The number of rotatable bonds is 7. The highest BCUT2D eigenvalue weighted by atomic mass is 79.9. The molecule has 0 radical (unpaired) electrons. The first-order valence-corrected chi connectivity index (χ1v) is 9.76. The van der Waals surface area contributed by atoms with Crippen molar-refractivity contribution in [1.82, 2.24) is 10.2 Å². The highest BCUT2D eigenvalue weighted by Crippen LogP contribution is 2.37. The Kier molecular flexibility index (Phi) is 6.63. The van der Waals surface area contributed by atoms with Crippen LogP contribution in [0.4, 0.5) is 4.79 Å². The van der Waals surface area contributed by atoms with Crippen molar-refractivity contribution in [3.05, 3.63) is 62.7 Å². The maximum atomic E-state index is 12.3. The van der Waals surface area contributed by atoms with Gasteiger partial charge in [-0.25, -0.2) is 9.69 Å². The molecule has 1 aliphatic heterocycles. The zero-order valence-electron chi connectivity index (χ0n) is 15.6. The van der Waals surface area contributed by atoms with E-state index in [0.29, 0.717) is 22.0 Å². The summed E-state index contributed by atoms with van der Waals surface area (Å²) in [5.41, 5.74) is 1.33. The van der Waals surface area contributed by atoms with Crippen molar-refractivity contribution >= 4 is 51.5 Å². The van der Waals surface area contributed by atoms with Gasteiger partial charge in [0.15, 0.2) is 11.5 Å². The van der Waals surface area contributed by atoms with E-state index in [1.165, 1.54) is 13.2 Å². The molecule has 0 atom stereocenters. The summed E-state index contributed by atoms with van der Waals surface area (Å²) in [4.78, 5) is 35.5. The number of ether oxygens (including phenoxy) is 2. The van der Waals surface area contributed by atoms with Gasteiger partial charge in [0.2, 0.25) is 0 Å². The second kappa shape index (κ2) is 9.19. The SMILES string of the molecule is COc1cc(/C=C2/NC(=O)N(CC(=O)O)C2=O)cc(Cl)c1OCc1ccc(Br)cc1. The van der Waals surface area contributed by atoms with Crippen molar-refractivity contribution in [2.24, 2.45) is 0 Å². The smallest absolute Gasteiger partial charge is 0.329 e. The fourth-order valence-corrected chi connectivity index (χ4v) is 3.25. The van der Waals surface area contributed by atoms with Gasteiger partial charge >= 0.3 is 12.0 Å². The Morgan fingerprint density at radius 2 is 1.97 bits per heavy atom. The average molecular weight is 496 g/mol. The Bertz CT molecular complexity index is 1040. The van der Waals surface area contributed by atoms with E-state index in [-0.39, 0.29) is 17.3 Å². The van der Waals surface area contributed by atoms with Gasteiger partial charge in [-0.1, -0.05) is 39.7 Å².